The number of rotatable bonds is 8. The second kappa shape index (κ2) is 10.8. The number of alkyl halides is 3. The molecule has 0 aliphatic rings. The number of carbonyl (C=O) groups is 1. The van der Waals surface area contributed by atoms with Crippen molar-refractivity contribution < 1.29 is 32.2 Å². The summed E-state index contributed by atoms with van der Waals surface area (Å²) in [7, 11) is 0. The SMILES string of the molecule is Cc1csc(-c2cc(F)ccc2C(Oc2cc(-c3ccc(CC(N)C(=O)O)cc3)nc(N)n2)C(F)(F)F)c1. The molecular formula is C26H22F4N4O3S. The zero-order chi connectivity index (χ0) is 27.6. The lowest BCUT2D eigenvalue weighted by Gasteiger charge is -2.24. The first-order chi connectivity index (χ1) is 17.9. The molecule has 2 heterocycles. The third-order valence-electron chi connectivity index (χ3n) is 5.57. The van der Waals surface area contributed by atoms with Crippen LogP contribution in [0.5, 0.6) is 5.88 Å². The van der Waals surface area contributed by atoms with Crippen LogP contribution in [0.15, 0.2) is 60.0 Å². The van der Waals surface area contributed by atoms with Crippen molar-refractivity contribution in [2.24, 2.45) is 5.73 Å². The fourth-order valence-electron chi connectivity index (χ4n) is 3.77. The summed E-state index contributed by atoms with van der Waals surface area (Å²) < 4.78 is 62.3. The summed E-state index contributed by atoms with van der Waals surface area (Å²) >= 11 is 1.19. The van der Waals surface area contributed by atoms with Gasteiger partial charge in [-0.05, 0) is 48.1 Å². The van der Waals surface area contributed by atoms with Crippen LogP contribution in [0.1, 0.15) is 22.8 Å². The third kappa shape index (κ3) is 6.26. The van der Waals surface area contributed by atoms with Gasteiger partial charge in [0, 0.05) is 27.6 Å². The summed E-state index contributed by atoms with van der Waals surface area (Å²) in [5.41, 5.74) is 13.3. The Hall–Kier alpha value is -4.03. The zero-order valence-electron chi connectivity index (χ0n) is 19.9. The Bertz CT molecular complexity index is 1460. The Balaban J connectivity index is 1.68. The number of aryl methyl sites for hydroxylation is 1. The van der Waals surface area contributed by atoms with Crippen molar-refractivity contribution in [2.75, 3.05) is 5.73 Å². The summed E-state index contributed by atoms with van der Waals surface area (Å²) in [6, 6.07) is 11.3. The van der Waals surface area contributed by atoms with Crippen molar-refractivity contribution in [3.05, 3.63) is 82.5 Å². The molecule has 0 aliphatic heterocycles. The number of carboxylic acid groups (broad SMARTS) is 1. The number of nitrogen functional groups attached to an aromatic ring is 1. The minimum absolute atomic E-state index is 0.0582. The number of hydrogen-bond acceptors (Lipinski definition) is 7. The average molecular weight is 547 g/mol. The summed E-state index contributed by atoms with van der Waals surface area (Å²) in [6.45, 7) is 1.79. The Morgan fingerprint density at radius 3 is 2.42 bits per heavy atom. The minimum Gasteiger partial charge on any atom is -0.480 e. The predicted molar refractivity (Wildman–Crippen MR) is 135 cm³/mol. The highest BCUT2D eigenvalue weighted by Gasteiger charge is 2.45. The van der Waals surface area contributed by atoms with Crippen LogP contribution in [0.25, 0.3) is 21.7 Å². The lowest BCUT2D eigenvalue weighted by atomic mass is 10.00. The molecule has 4 aromatic rings. The van der Waals surface area contributed by atoms with E-state index in [1.165, 1.54) is 17.4 Å². The van der Waals surface area contributed by atoms with E-state index in [2.05, 4.69) is 9.97 Å². The zero-order valence-corrected chi connectivity index (χ0v) is 20.7. The number of anilines is 1. The summed E-state index contributed by atoms with van der Waals surface area (Å²) in [5.74, 6) is -2.57. The molecule has 0 amide bonds. The Labute approximate surface area is 218 Å². The lowest BCUT2D eigenvalue weighted by Crippen LogP contribution is -2.32. The first kappa shape index (κ1) is 27.0. The van der Waals surface area contributed by atoms with Gasteiger partial charge in [0.05, 0.1) is 5.69 Å². The number of carboxylic acids is 1. The Kier molecular flexibility index (Phi) is 7.65. The Morgan fingerprint density at radius 1 is 1.11 bits per heavy atom. The quantitative estimate of drug-likeness (QED) is 0.248. The molecule has 5 N–H and O–H groups in total. The number of halogens is 4. The van der Waals surface area contributed by atoms with Gasteiger partial charge in [-0.1, -0.05) is 30.3 Å². The number of nitrogens with zero attached hydrogens (tertiary/aromatic N) is 2. The van der Waals surface area contributed by atoms with Crippen LogP contribution in [0, 0.1) is 12.7 Å². The number of thiophene rings is 1. The van der Waals surface area contributed by atoms with Crippen molar-refractivity contribution in [1.82, 2.24) is 9.97 Å². The molecule has 4 rings (SSSR count). The van der Waals surface area contributed by atoms with E-state index in [1.54, 1.807) is 42.6 Å². The molecule has 2 aromatic carbocycles. The fourth-order valence-corrected chi connectivity index (χ4v) is 4.71. The van der Waals surface area contributed by atoms with Crippen molar-refractivity contribution in [1.29, 1.82) is 0 Å². The van der Waals surface area contributed by atoms with Gasteiger partial charge in [-0.2, -0.15) is 18.2 Å². The summed E-state index contributed by atoms with van der Waals surface area (Å²) in [6.07, 6.45) is -7.25. The number of hydrogen-bond donors (Lipinski definition) is 3. The number of nitrogens with two attached hydrogens (primary N) is 2. The highest BCUT2D eigenvalue weighted by molar-refractivity contribution is 7.13. The van der Waals surface area contributed by atoms with Crippen LogP contribution in [0.3, 0.4) is 0 Å². The molecule has 2 aromatic heterocycles. The fraction of sp³-hybridized carbons (Fsp3) is 0.192. The van der Waals surface area contributed by atoms with Gasteiger partial charge in [0.25, 0.3) is 0 Å². The topological polar surface area (TPSA) is 124 Å². The highest BCUT2D eigenvalue weighted by Crippen LogP contribution is 2.42. The van der Waals surface area contributed by atoms with E-state index in [0.717, 1.165) is 23.8 Å². The van der Waals surface area contributed by atoms with Gasteiger partial charge >= 0.3 is 12.1 Å². The van der Waals surface area contributed by atoms with Gasteiger partial charge < -0.3 is 21.3 Å². The molecule has 2 unspecified atom stereocenters. The standard InChI is InChI=1S/C26H22F4N4O3S/c1-13-8-21(38-12-13)18-10-16(27)6-7-17(18)23(26(28,29)30)37-22-11-20(33-25(32)34-22)15-4-2-14(3-5-15)9-19(31)24(35)36/h2-8,10-12,19,23H,9,31H2,1H3,(H,35,36)(H2,32,33,34). The van der Waals surface area contributed by atoms with Crippen LogP contribution in [-0.4, -0.2) is 33.3 Å². The maximum Gasteiger partial charge on any atom is 0.429 e. The predicted octanol–water partition coefficient (Wildman–Crippen LogP) is 5.54. The van der Waals surface area contributed by atoms with Crippen molar-refractivity contribution in [2.45, 2.75) is 31.7 Å². The molecule has 0 saturated heterocycles. The van der Waals surface area contributed by atoms with Gasteiger partial charge in [-0.25, -0.2) is 9.37 Å². The second-order valence-corrected chi connectivity index (χ2v) is 9.47. The smallest absolute Gasteiger partial charge is 0.429 e. The van der Waals surface area contributed by atoms with Crippen molar-refractivity contribution >= 4 is 23.3 Å². The molecule has 198 valence electrons. The first-order valence-electron chi connectivity index (χ1n) is 11.2. The lowest BCUT2D eigenvalue weighted by molar-refractivity contribution is -0.198. The molecule has 12 heteroatoms. The number of aromatic nitrogens is 2. The third-order valence-corrected chi connectivity index (χ3v) is 6.65. The van der Waals surface area contributed by atoms with Crippen LogP contribution >= 0.6 is 11.3 Å². The van der Waals surface area contributed by atoms with Gasteiger partial charge in [-0.15, -0.1) is 11.3 Å². The van der Waals surface area contributed by atoms with E-state index in [9.17, 15) is 22.4 Å². The molecule has 0 bridgehead atoms. The summed E-state index contributed by atoms with van der Waals surface area (Å²) in [5, 5.41) is 10.7. The molecule has 38 heavy (non-hydrogen) atoms. The van der Waals surface area contributed by atoms with E-state index < -0.39 is 36.0 Å². The van der Waals surface area contributed by atoms with Crippen LogP contribution in [0.4, 0.5) is 23.5 Å². The highest BCUT2D eigenvalue weighted by atomic mass is 32.1. The second-order valence-electron chi connectivity index (χ2n) is 8.55. The van der Waals surface area contributed by atoms with E-state index in [1.807, 2.05) is 0 Å². The summed E-state index contributed by atoms with van der Waals surface area (Å²) in [4.78, 5) is 19.4. The van der Waals surface area contributed by atoms with E-state index in [-0.39, 0.29) is 29.2 Å². The first-order valence-corrected chi connectivity index (χ1v) is 12.1. The molecule has 0 radical (unpaired) electrons. The number of benzene rings is 2. The molecule has 0 aliphatic carbocycles. The normalized spacial score (nSPS) is 13.2. The Morgan fingerprint density at radius 2 is 1.82 bits per heavy atom. The van der Waals surface area contributed by atoms with Gasteiger partial charge in [0.15, 0.2) is 0 Å². The maximum absolute atomic E-state index is 14.3. The molecule has 7 nitrogen and oxygen atoms in total. The van der Waals surface area contributed by atoms with Crippen molar-refractivity contribution in [3.8, 4) is 27.6 Å². The maximum atomic E-state index is 14.3. The van der Waals surface area contributed by atoms with Gasteiger partial charge in [-0.3, -0.25) is 4.79 Å². The molecule has 2 atom stereocenters. The van der Waals surface area contributed by atoms with Gasteiger partial charge in [0.2, 0.25) is 17.9 Å². The molecule has 0 saturated carbocycles. The molecule has 0 spiro atoms. The average Bonchev–Trinajstić information content (AvgIpc) is 3.28. The van der Waals surface area contributed by atoms with Crippen LogP contribution in [0.2, 0.25) is 0 Å². The van der Waals surface area contributed by atoms with E-state index >= 15 is 0 Å². The van der Waals surface area contributed by atoms with E-state index in [4.69, 9.17) is 21.3 Å². The largest absolute Gasteiger partial charge is 0.480 e. The molecular weight excluding hydrogens is 524 g/mol. The number of ether oxygens (including phenoxy) is 1. The van der Waals surface area contributed by atoms with Gasteiger partial charge in [0.1, 0.15) is 11.9 Å². The van der Waals surface area contributed by atoms with Crippen LogP contribution < -0.4 is 16.2 Å². The number of aliphatic carboxylic acids is 1. The minimum atomic E-state index is -4.87. The van der Waals surface area contributed by atoms with E-state index in [0.29, 0.717) is 16.0 Å². The van der Waals surface area contributed by atoms with Crippen LogP contribution in [-0.2, 0) is 11.2 Å². The monoisotopic (exact) mass is 546 g/mol. The molecule has 0 fully saturated rings. The van der Waals surface area contributed by atoms with Crippen molar-refractivity contribution in [3.63, 3.8) is 0 Å².